The van der Waals surface area contributed by atoms with Crippen LogP contribution in [0.1, 0.15) is 27.1 Å². The molecule has 2 nitrogen and oxygen atoms in total. The molecule has 0 saturated heterocycles. The van der Waals surface area contributed by atoms with Crippen LogP contribution in [0.2, 0.25) is 0 Å². The molecule has 0 bridgehead atoms. The Hall–Kier alpha value is -1.00. The van der Waals surface area contributed by atoms with E-state index in [0.29, 0.717) is 0 Å². The highest BCUT2D eigenvalue weighted by molar-refractivity contribution is 9.11. The van der Waals surface area contributed by atoms with Crippen molar-refractivity contribution in [2.24, 2.45) is 0 Å². The van der Waals surface area contributed by atoms with Crippen LogP contribution in [0.15, 0.2) is 34.8 Å². The highest BCUT2D eigenvalue weighted by Gasteiger charge is 2.19. The molecule has 0 spiro atoms. The Balaban J connectivity index is 2.53. The molecule has 0 saturated carbocycles. The fourth-order valence-electron chi connectivity index (χ4n) is 2.30. The van der Waals surface area contributed by atoms with Crippen molar-refractivity contribution >= 4 is 31.9 Å². The summed E-state index contributed by atoms with van der Waals surface area (Å²) in [5.74, 6) is 1.49. The van der Waals surface area contributed by atoms with Crippen LogP contribution in [-0.2, 0) is 0 Å². The molecule has 112 valence electrons. The van der Waals surface area contributed by atoms with E-state index in [4.69, 9.17) is 9.47 Å². The smallest absolute Gasteiger partial charge is 0.161 e. The molecule has 0 N–H and O–H groups in total. The maximum atomic E-state index is 5.41. The number of halogens is 2. The molecule has 0 aromatic heterocycles. The van der Waals surface area contributed by atoms with Crippen LogP contribution in [-0.4, -0.2) is 14.2 Å². The average Bonchev–Trinajstić information content (AvgIpc) is 2.49. The summed E-state index contributed by atoms with van der Waals surface area (Å²) in [7, 11) is 3.31. The number of hydrogen-bond acceptors (Lipinski definition) is 2. The van der Waals surface area contributed by atoms with Crippen molar-refractivity contribution < 1.29 is 9.47 Å². The van der Waals surface area contributed by atoms with Crippen molar-refractivity contribution in [2.75, 3.05) is 14.2 Å². The molecule has 1 atom stereocenters. The van der Waals surface area contributed by atoms with Gasteiger partial charge in [0.1, 0.15) is 0 Å². The molecule has 0 radical (unpaired) electrons. The van der Waals surface area contributed by atoms with Crippen LogP contribution in [0.4, 0.5) is 0 Å². The number of aryl methyl sites for hydroxylation is 2. The van der Waals surface area contributed by atoms with Crippen molar-refractivity contribution in [2.45, 2.75) is 18.7 Å². The third-order valence-electron chi connectivity index (χ3n) is 3.54. The van der Waals surface area contributed by atoms with Gasteiger partial charge in [0.05, 0.1) is 19.0 Å². The lowest BCUT2D eigenvalue weighted by atomic mass is 9.98. The fourth-order valence-corrected chi connectivity index (χ4v) is 3.98. The van der Waals surface area contributed by atoms with E-state index in [2.05, 4.69) is 63.9 Å². The first kappa shape index (κ1) is 16.4. The quantitative estimate of drug-likeness (QED) is 0.610. The topological polar surface area (TPSA) is 18.5 Å². The zero-order valence-corrected chi connectivity index (χ0v) is 15.7. The first-order chi connectivity index (χ1) is 9.99. The summed E-state index contributed by atoms with van der Waals surface area (Å²) in [5.41, 5.74) is 4.74. The van der Waals surface area contributed by atoms with Gasteiger partial charge in [-0.2, -0.15) is 0 Å². The van der Waals surface area contributed by atoms with E-state index in [9.17, 15) is 0 Å². The van der Waals surface area contributed by atoms with E-state index in [0.717, 1.165) is 21.5 Å². The number of benzene rings is 2. The second-order valence-corrected chi connectivity index (χ2v) is 6.61. The predicted molar refractivity (Wildman–Crippen MR) is 93.9 cm³/mol. The monoisotopic (exact) mass is 412 g/mol. The lowest BCUT2D eigenvalue weighted by Crippen LogP contribution is -2.00. The molecular weight excluding hydrogens is 396 g/mol. The van der Waals surface area contributed by atoms with Gasteiger partial charge in [0.25, 0.3) is 0 Å². The summed E-state index contributed by atoms with van der Waals surface area (Å²) in [6.07, 6.45) is 0. The van der Waals surface area contributed by atoms with Gasteiger partial charge in [-0.1, -0.05) is 50.1 Å². The first-order valence-corrected chi connectivity index (χ1v) is 8.32. The summed E-state index contributed by atoms with van der Waals surface area (Å²) in [5, 5.41) is 0. The molecule has 0 heterocycles. The van der Waals surface area contributed by atoms with E-state index >= 15 is 0 Å². The van der Waals surface area contributed by atoms with Gasteiger partial charge in [-0.05, 0) is 48.2 Å². The van der Waals surface area contributed by atoms with Gasteiger partial charge in [0, 0.05) is 4.47 Å². The van der Waals surface area contributed by atoms with Crippen molar-refractivity contribution in [1.82, 2.24) is 0 Å². The van der Waals surface area contributed by atoms with E-state index in [1.165, 1.54) is 16.7 Å². The molecule has 0 aliphatic carbocycles. The second kappa shape index (κ2) is 6.84. The second-order valence-electron chi connectivity index (χ2n) is 4.90. The normalized spacial score (nSPS) is 12.1. The molecule has 2 aromatic rings. The van der Waals surface area contributed by atoms with Gasteiger partial charge in [-0.15, -0.1) is 0 Å². The van der Waals surface area contributed by atoms with Crippen molar-refractivity contribution in [1.29, 1.82) is 0 Å². The summed E-state index contributed by atoms with van der Waals surface area (Å²) < 4.78 is 11.9. The van der Waals surface area contributed by atoms with Crippen LogP contribution < -0.4 is 9.47 Å². The minimum Gasteiger partial charge on any atom is -0.493 e. The predicted octanol–water partition coefficient (Wildman–Crippen LogP) is 5.57. The van der Waals surface area contributed by atoms with Gasteiger partial charge >= 0.3 is 0 Å². The number of rotatable bonds is 4. The molecule has 0 amide bonds. The zero-order chi connectivity index (χ0) is 15.6. The molecule has 0 aliphatic rings. The van der Waals surface area contributed by atoms with Gasteiger partial charge in [-0.25, -0.2) is 0 Å². The van der Waals surface area contributed by atoms with Crippen molar-refractivity contribution in [3.05, 3.63) is 57.1 Å². The lowest BCUT2D eigenvalue weighted by molar-refractivity contribution is 0.354. The fraction of sp³-hybridized carbons (Fsp3) is 0.294. The maximum Gasteiger partial charge on any atom is 0.161 e. The Morgan fingerprint density at radius 2 is 1.52 bits per heavy atom. The Morgan fingerprint density at radius 1 is 0.905 bits per heavy atom. The largest absolute Gasteiger partial charge is 0.493 e. The summed E-state index contributed by atoms with van der Waals surface area (Å²) >= 11 is 7.49. The van der Waals surface area contributed by atoms with Gasteiger partial charge in [0.2, 0.25) is 0 Å². The lowest BCUT2D eigenvalue weighted by Gasteiger charge is -2.19. The Bertz CT molecular complexity index is 653. The molecule has 1 unspecified atom stereocenters. The summed E-state index contributed by atoms with van der Waals surface area (Å²) in [4.78, 5) is 0.0894. The van der Waals surface area contributed by atoms with E-state index in [-0.39, 0.29) is 4.83 Å². The third-order valence-corrected chi connectivity index (χ3v) is 5.61. The Labute approximate surface area is 142 Å². The molecule has 21 heavy (non-hydrogen) atoms. The average molecular weight is 414 g/mol. The van der Waals surface area contributed by atoms with Gasteiger partial charge in [0.15, 0.2) is 11.5 Å². The number of alkyl halides is 1. The molecule has 4 heteroatoms. The minimum atomic E-state index is 0.0894. The maximum absolute atomic E-state index is 5.41. The molecule has 0 fully saturated rings. The molecular formula is C17H18Br2O2. The van der Waals surface area contributed by atoms with Gasteiger partial charge in [-0.3, -0.25) is 0 Å². The summed E-state index contributed by atoms with van der Waals surface area (Å²) in [6, 6.07) is 10.3. The first-order valence-electron chi connectivity index (χ1n) is 6.61. The Kier molecular flexibility index (Phi) is 5.33. The van der Waals surface area contributed by atoms with Crippen molar-refractivity contribution in [3.8, 4) is 11.5 Å². The van der Waals surface area contributed by atoms with E-state index in [1.54, 1.807) is 14.2 Å². The SMILES string of the molecule is COc1cc(C)c(C(Br)c2cccc(C)c2Br)cc1OC. The van der Waals surface area contributed by atoms with Gasteiger partial charge < -0.3 is 9.47 Å². The Morgan fingerprint density at radius 3 is 2.14 bits per heavy atom. The van der Waals surface area contributed by atoms with Crippen LogP contribution in [0.25, 0.3) is 0 Å². The summed E-state index contributed by atoms with van der Waals surface area (Å²) in [6.45, 7) is 4.17. The number of methoxy groups -OCH3 is 2. The van der Waals surface area contributed by atoms with Crippen LogP contribution in [0.3, 0.4) is 0 Å². The van der Waals surface area contributed by atoms with E-state index in [1.807, 2.05) is 12.1 Å². The molecule has 2 rings (SSSR count). The molecule has 0 aliphatic heterocycles. The van der Waals surface area contributed by atoms with E-state index < -0.39 is 0 Å². The highest BCUT2D eigenvalue weighted by atomic mass is 79.9. The standard InChI is InChI=1S/C17H18Br2O2/c1-10-6-5-7-12(16(10)18)17(19)13-9-15(21-4)14(20-3)8-11(13)2/h5-9,17H,1-4H3. The third kappa shape index (κ3) is 3.27. The van der Waals surface area contributed by atoms with Crippen molar-refractivity contribution in [3.63, 3.8) is 0 Å². The van der Waals surface area contributed by atoms with Crippen LogP contribution in [0.5, 0.6) is 11.5 Å². The number of hydrogen-bond donors (Lipinski definition) is 0. The number of ether oxygens (including phenoxy) is 2. The van der Waals surface area contributed by atoms with Crippen LogP contribution in [0, 0.1) is 13.8 Å². The highest BCUT2D eigenvalue weighted by Crippen LogP contribution is 2.41. The zero-order valence-electron chi connectivity index (χ0n) is 12.5. The molecule has 2 aromatic carbocycles. The minimum absolute atomic E-state index is 0.0894. The van der Waals surface area contributed by atoms with Crippen LogP contribution >= 0.6 is 31.9 Å².